The molecule has 1 aliphatic heterocycles. The molecule has 2 nitrogen and oxygen atoms in total. The van der Waals surface area contributed by atoms with Crippen LogP contribution in [0.2, 0.25) is 0 Å². The van der Waals surface area contributed by atoms with Gasteiger partial charge in [-0.2, -0.15) is 0 Å². The maximum atomic E-state index is 3.79. The van der Waals surface area contributed by atoms with Crippen LogP contribution in [0.15, 0.2) is 0 Å². The molecular formula is C15H32N2. The van der Waals surface area contributed by atoms with Crippen molar-refractivity contribution in [2.45, 2.75) is 71.4 Å². The van der Waals surface area contributed by atoms with Crippen molar-refractivity contribution in [3.05, 3.63) is 0 Å². The fourth-order valence-electron chi connectivity index (χ4n) is 2.75. The molecule has 1 N–H and O–H groups in total. The van der Waals surface area contributed by atoms with Crippen molar-refractivity contribution in [1.82, 2.24) is 10.2 Å². The third-order valence-electron chi connectivity index (χ3n) is 4.44. The van der Waals surface area contributed by atoms with E-state index in [0.717, 1.165) is 18.0 Å². The Morgan fingerprint density at radius 1 is 1.24 bits per heavy atom. The summed E-state index contributed by atoms with van der Waals surface area (Å²) in [6.45, 7) is 9.45. The first-order valence-corrected chi connectivity index (χ1v) is 7.60. The van der Waals surface area contributed by atoms with Gasteiger partial charge in [-0.15, -0.1) is 0 Å². The number of nitrogens with zero attached hydrogens (tertiary/aromatic N) is 1. The molecule has 1 rings (SSSR count). The van der Waals surface area contributed by atoms with Gasteiger partial charge in [-0.1, -0.05) is 33.6 Å². The Balaban J connectivity index is 2.26. The van der Waals surface area contributed by atoms with Crippen molar-refractivity contribution in [2.75, 3.05) is 20.1 Å². The van der Waals surface area contributed by atoms with Crippen molar-refractivity contribution in [3.8, 4) is 0 Å². The second kappa shape index (κ2) is 8.10. The Labute approximate surface area is 108 Å². The van der Waals surface area contributed by atoms with E-state index in [2.05, 4.69) is 38.0 Å². The molecule has 0 aromatic carbocycles. The molecule has 3 atom stereocenters. The van der Waals surface area contributed by atoms with Gasteiger partial charge >= 0.3 is 0 Å². The topological polar surface area (TPSA) is 15.3 Å². The summed E-state index contributed by atoms with van der Waals surface area (Å²) in [5, 5.41) is 3.79. The van der Waals surface area contributed by atoms with E-state index in [1.807, 2.05) is 0 Å². The van der Waals surface area contributed by atoms with E-state index in [4.69, 9.17) is 0 Å². The van der Waals surface area contributed by atoms with E-state index in [0.29, 0.717) is 0 Å². The lowest BCUT2D eigenvalue weighted by atomic mass is 9.97. The van der Waals surface area contributed by atoms with Crippen LogP contribution in [0.25, 0.3) is 0 Å². The van der Waals surface area contributed by atoms with Crippen LogP contribution in [0.3, 0.4) is 0 Å². The molecule has 1 saturated heterocycles. The minimum absolute atomic E-state index is 0.722. The molecule has 0 aromatic rings. The van der Waals surface area contributed by atoms with Crippen LogP contribution in [0.1, 0.15) is 59.3 Å². The average Bonchev–Trinajstić information content (AvgIpc) is 2.35. The van der Waals surface area contributed by atoms with Crippen LogP contribution >= 0.6 is 0 Å². The Morgan fingerprint density at radius 2 is 2.00 bits per heavy atom. The monoisotopic (exact) mass is 240 g/mol. The number of rotatable bonds is 7. The molecule has 1 heterocycles. The summed E-state index contributed by atoms with van der Waals surface area (Å²) < 4.78 is 0. The van der Waals surface area contributed by atoms with E-state index < -0.39 is 0 Å². The van der Waals surface area contributed by atoms with E-state index in [-0.39, 0.29) is 0 Å². The first kappa shape index (κ1) is 15.0. The van der Waals surface area contributed by atoms with Crippen molar-refractivity contribution in [2.24, 2.45) is 5.92 Å². The number of likely N-dealkylation sites (N-methyl/N-ethyl adjacent to an activating group) is 1. The summed E-state index contributed by atoms with van der Waals surface area (Å²) in [5.41, 5.74) is 0. The van der Waals surface area contributed by atoms with Crippen molar-refractivity contribution in [1.29, 1.82) is 0 Å². The van der Waals surface area contributed by atoms with Gasteiger partial charge in [0.25, 0.3) is 0 Å². The van der Waals surface area contributed by atoms with Crippen molar-refractivity contribution in [3.63, 3.8) is 0 Å². The van der Waals surface area contributed by atoms with Crippen LogP contribution in [0.4, 0.5) is 0 Å². The second-order valence-corrected chi connectivity index (χ2v) is 5.89. The number of nitrogens with one attached hydrogen (secondary N) is 1. The minimum Gasteiger partial charge on any atom is -0.312 e. The van der Waals surface area contributed by atoms with E-state index in [1.54, 1.807) is 0 Å². The zero-order valence-electron chi connectivity index (χ0n) is 12.3. The van der Waals surface area contributed by atoms with Gasteiger partial charge in [-0.3, -0.25) is 0 Å². The highest BCUT2D eigenvalue weighted by Gasteiger charge is 2.19. The van der Waals surface area contributed by atoms with Crippen LogP contribution < -0.4 is 5.32 Å². The predicted octanol–water partition coefficient (Wildman–Crippen LogP) is 3.28. The summed E-state index contributed by atoms with van der Waals surface area (Å²) in [7, 11) is 2.28. The van der Waals surface area contributed by atoms with Crippen LogP contribution in [0, 0.1) is 5.92 Å². The molecule has 3 unspecified atom stereocenters. The van der Waals surface area contributed by atoms with Crippen molar-refractivity contribution < 1.29 is 0 Å². The normalized spacial score (nSPS) is 25.8. The molecule has 0 bridgehead atoms. The largest absolute Gasteiger partial charge is 0.312 e. The molecule has 17 heavy (non-hydrogen) atoms. The Bertz CT molecular complexity index is 193. The Hall–Kier alpha value is -0.0800. The lowest BCUT2D eigenvalue weighted by molar-refractivity contribution is 0.175. The fraction of sp³-hybridized carbons (Fsp3) is 1.00. The summed E-state index contributed by atoms with van der Waals surface area (Å²) in [5.74, 6) is 0.858. The number of hydrogen-bond acceptors (Lipinski definition) is 2. The zero-order chi connectivity index (χ0) is 12.7. The highest BCUT2D eigenvalue weighted by Crippen LogP contribution is 2.16. The maximum absolute atomic E-state index is 3.79. The van der Waals surface area contributed by atoms with Gasteiger partial charge in [0.1, 0.15) is 0 Å². The molecule has 0 spiro atoms. The molecule has 2 heteroatoms. The summed E-state index contributed by atoms with van der Waals surface area (Å²) in [6.07, 6.45) is 8.09. The highest BCUT2D eigenvalue weighted by molar-refractivity contribution is 4.78. The molecule has 0 amide bonds. The van der Waals surface area contributed by atoms with E-state index in [1.165, 1.54) is 51.6 Å². The van der Waals surface area contributed by atoms with Gasteiger partial charge in [-0.25, -0.2) is 0 Å². The predicted molar refractivity (Wildman–Crippen MR) is 76.4 cm³/mol. The van der Waals surface area contributed by atoms with E-state index in [9.17, 15) is 0 Å². The minimum atomic E-state index is 0.722. The first-order valence-electron chi connectivity index (χ1n) is 7.60. The highest BCUT2D eigenvalue weighted by atomic mass is 15.2. The lowest BCUT2D eigenvalue weighted by Crippen LogP contribution is -2.45. The summed E-state index contributed by atoms with van der Waals surface area (Å²) in [4.78, 5) is 2.53. The SMILES string of the molecule is CCC(C)CC(CC)NCC1CCCCN1C. The standard InChI is InChI=1S/C15H32N2/c1-5-13(3)11-14(6-2)16-12-15-9-7-8-10-17(15)4/h13-16H,5-12H2,1-4H3. The molecule has 0 aromatic heterocycles. The van der Waals surface area contributed by atoms with Crippen LogP contribution in [-0.4, -0.2) is 37.1 Å². The third kappa shape index (κ3) is 5.39. The van der Waals surface area contributed by atoms with Gasteiger partial charge in [0.05, 0.1) is 0 Å². The van der Waals surface area contributed by atoms with Crippen LogP contribution in [0.5, 0.6) is 0 Å². The second-order valence-electron chi connectivity index (χ2n) is 5.89. The maximum Gasteiger partial charge on any atom is 0.0217 e. The van der Waals surface area contributed by atoms with Gasteiger partial charge in [0.2, 0.25) is 0 Å². The first-order chi connectivity index (χ1) is 8.17. The number of hydrogen-bond donors (Lipinski definition) is 1. The summed E-state index contributed by atoms with van der Waals surface area (Å²) in [6, 6.07) is 1.50. The van der Waals surface area contributed by atoms with Gasteiger partial charge in [0, 0.05) is 18.6 Å². The molecule has 1 aliphatic rings. The average molecular weight is 240 g/mol. The van der Waals surface area contributed by atoms with Crippen molar-refractivity contribution >= 4 is 0 Å². The smallest absolute Gasteiger partial charge is 0.0217 e. The van der Waals surface area contributed by atoms with Crippen LogP contribution in [-0.2, 0) is 0 Å². The molecule has 0 aliphatic carbocycles. The molecule has 0 radical (unpaired) electrons. The fourth-order valence-corrected chi connectivity index (χ4v) is 2.75. The number of likely N-dealkylation sites (tertiary alicyclic amines) is 1. The third-order valence-corrected chi connectivity index (χ3v) is 4.44. The van der Waals surface area contributed by atoms with E-state index >= 15 is 0 Å². The Morgan fingerprint density at radius 3 is 2.59 bits per heavy atom. The molecule has 0 saturated carbocycles. The zero-order valence-corrected chi connectivity index (χ0v) is 12.3. The summed E-state index contributed by atoms with van der Waals surface area (Å²) >= 11 is 0. The number of piperidine rings is 1. The quantitative estimate of drug-likeness (QED) is 0.735. The molecule has 102 valence electrons. The van der Waals surface area contributed by atoms with Gasteiger partial charge in [0.15, 0.2) is 0 Å². The molecule has 1 fully saturated rings. The van der Waals surface area contributed by atoms with Gasteiger partial charge < -0.3 is 10.2 Å². The Kier molecular flexibility index (Phi) is 7.14. The lowest BCUT2D eigenvalue weighted by Gasteiger charge is -2.34. The molecular weight excluding hydrogens is 208 g/mol. The van der Waals surface area contributed by atoms with Gasteiger partial charge in [-0.05, 0) is 45.2 Å².